The molecule has 0 aromatic heterocycles. The van der Waals surface area contributed by atoms with Gasteiger partial charge in [0.05, 0.1) is 5.41 Å². The Balaban J connectivity index is 1.45. The molecule has 9 nitrogen and oxygen atoms in total. The molecule has 1 amide bonds. The van der Waals surface area contributed by atoms with Crippen LogP contribution in [0.25, 0.3) is 11.1 Å². The van der Waals surface area contributed by atoms with E-state index in [9.17, 15) is 14.4 Å². The number of benzene rings is 2. The molecule has 4 heterocycles. The predicted molar refractivity (Wildman–Crippen MR) is 184 cm³/mol. The molecule has 4 aliphatic rings. The molecule has 4 aliphatic heterocycles. The van der Waals surface area contributed by atoms with Crippen LogP contribution < -0.4 is 20.4 Å². The summed E-state index contributed by atoms with van der Waals surface area (Å²) >= 11 is 0. The summed E-state index contributed by atoms with van der Waals surface area (Å²) in [7, 11) is 1.82. The third kappa shape index (κ3) is 5.80. The Morgan fingerprint density at radius 2 is 1.77 bits per heavy atom. The van der Waals surface area contributed by atoms with Gasteiger partial charge in [0.2, 0.25) is 0 Å². The lowest BCUT2D eigenvalue weighted by Crippen LogP contribution is -2.40. The molecule has 6 rings (SSSR count). The molecule has 2 N–H and O–H groups in total. The quantitative estimate of drug-likeness (QED) is 0.389. The maximum atomic E-state index is 16.4. The maximum absolute atomic E-state index is 16.4. The number of ether oxygens (including phenoxy) is 2. The standard InChI is InChI=1S/C38H43FN4O5/c1-6-43(27-7-11-47-12-8-27)34-17-26(16-28(25(34)4)37(46)40-20-30-23(2)15-24(3)41-33(30)21-44)29-18-35-31(19-32(29)39)38(9-13-48-14-10-38)36(22-45)42(35)5/h15-19,27,41H,6-14,20H2,1-5H3,(H,40,46). The van der Waals surface area contributed by atoms with Crippen LogP contribution in [0.4, 0.5) is 15.8 Å². The van der Waals surface area contributed by atoms with Crippen molar-refractivity contribution in [1.29, 1.82) is 0 Å². The van der Waals surface area contributed by atoms with E-state index < -0.39 is 11.2 Å². The second-order valence-corrected chi connectivity index (χ2v) is 13.1. The van der Waals surface area contributed by atoms with Crippen molar-refractivity contribution < 1.29 is 28.2 Å². The van der Waals surface area contributed by atoms with Crippen LogP contribution in [0.2, 0.25) is 0 Å². The van der Waals surface area contributed by atoms with E-state index in [1.165, 1.54) is 0 Å². The molecule has 0 saturated carbocycles. The Kier molecular flexibility index (Phi) is 9.46. The zero-order valence-corrected chi connectivity index (χ0v) is 28.3. The van der Waals surface area contributed by atoms with Gasteiger partial charge in [-0.05, 0) is 106 Å². The van der Waals surface area contributed by atoms with Gasteiger partial charge in [0, 0.05) is 86.4 Å². The first-order valence-corrected chi connectivity index (χ1v) is 16.7. The predicted octanol–water partition coefficient (Wildman–Crippen LogP) is 5.29. The number of fused-ring (bicyclic) bond motifs is 2. The summed E-state index contributed by atoms with van der Waals surface area (Å²) in [4.78, 5) is 42.2. The highest BCUT2D eigenvalue weighted by Crippen LogP contribution is 2.53. The van der Waals surface area contributed by atoms with Crippen LogP contribution in [0, 0.1) is 12.7 Å². The highest BCUT2D eigenvalue weighted by atomic mass is 19.1. The van der Waals surface area contributed by atoms with Crippen molar-refractivity contribution in [3.05, 3.63) is 81.1 Å². The van der Waals surface area contributed by atoms with E-state index in [1.807, 2.05) is 50.8 Å². The van der Waals surface area contributed by atoms with Crippen molar-refractivity contribution in [2.24, 2.45) is 0 Å². The molecule has 10 heteroatoms. The monoisotopic (exact) mass is 654 g/mol. The van der Waals surface area contributed by atoms with E-state index >= 15 is 4.39 Å². The molecule has 0 unspecified atom stereocenters. The second-order valence-electron chi connectivity index (χ2n) is 13.1. The highest BCUT2D eigenvalue weighted by Gasteiger charge is 2.48. The number of nitrogens with one attached hydrogen (secondary N) is 2. The Morgan fingerprint density at radius 1 is 1.06 bits per heavy atom. The summed E-state index contributed by atoms with van der Waals surface area (Å²) in [6.45, 7) is 10.8. The third-order valence-electron chi connectivity index (χ3n) is 10.5. The molecule has 2 saturated heterocycles. The second kappa shape index (κ2) is 13.6. The average Bonchev–Trinajstić information content (AvgIpc) is 3.30. The number of halogens is 1. The van der Waals surface area contributed by atoms with Crippen molar-refractivity contribution in [2.45, 2.75) is 64.8 Å². The van der Waals surface area contributed by atoms with Crippen LogP contribution in [-0.2, 0) is 24.5 Å². The molecular formula is C38H43FN4O5. The van der Waals surface area contributed by atoms with E-state index in [4.69, 9.17) is 9.47 Å². The SMILES string of the molecule is CCN(c1cc(-c2cc3c(cc2F)C2(CCOCC2)C(=C=O)N3C)cc(C(=O)NCC2=C(C)C=C(C)NC2=C=O)c1C)C1CCOCC1. The van der Waals surface area contributed by atoms with Gasteiger partial charge < -0.3 is 29.9 Å². The van der Waals surface area contributed by atoms with Crippen molar-refractivity contribution in [3.8, 4) is 11.1 Å². The molecule has 0 atom stereocenters. The highest BCUT2D eigenvalue weighted by molar-refractivity contribution is 5.99. The van der Waals surface area contributed by atoms with Gasteiger partial charge in [-0.3, -0.25) is 4.79 Å². The van der Waals surface area contributed by atoms with Crippen LogP contribution in [0.3, 0.4) is 0 Å². The van der Waals surface area contributed by atoms with Gasteiger partial charge in [0.25, 0.3) is 5.91 Å². The van der Waals surface area contributed by atoms with E-state index in [1.54, 1.807) is 18.2 Å². The molecule has 2 aromatic carbocycles. The number of rotatable bonds is 7. The number of anilines is 2. The number of carbonyl (C=O) groups is 1. The number of likely N-dealkylation sites (N-methyl/N-ethyl adjacent to an activating group) is 1. The number of allylic oxidation sites excluding steroid dienone is 4. The summed E-state index contributed by atoms with van der Waals surface area (Å²) in [5, 5.41) is 6.04. The minimum atomic E-state index is -0.641. The normalized spacial score (nSPS) is 19.0. The fourth-order valence-corrected chi connectivity index (χ4v) is 7.91. The Hall–Kier alpha value is -4.46. The Morgan fingerprint density at radius 3 is 2.44 bits per heavy atom. The van der Waals surface area contributed by atoms with E-state index in [-0.39, 0.29) is 18.5 Å². The van der Waals surface area contributed by atoms with Gasteiger partial charge in [-0.15, -0.1) is 0 Å². The van der Waals surface area contributed by atoms with Crippen molar-refractivity contribution in [1.82, 2.24) is 10.6 Å². The largest absolute Gasteiger partial charge is 0.381 e. The van der Waals surface area contributed by atoms with Gasteiger partial charge in [0.15, 0.2) is 5.94 Å². The van der Waals surface area contributed by atoms with Crippen LogP contribution in [-0.4, -0.2) is 70.4 Å². The summed E-state index contributed by atoms with van der Waals surface area (Å²) in [6.07, 6.45) is 4.76. The molecule has 2 aromatic rings. The van der Waals surface area contributed by atoms with Crippen LogP contribution in [0.15, 0.2) is 58.6 Å². The van der Waals surface area contributed by atoms with E-state index in [0.29, 0.717) is 79.5 Å². The summed E-state index contributed by atoms with van der Waals surface area (Å²) in [6, 6.07) is 7.28. The minimum Gasteiger partial charge on any atom is -0.381 e. The van der Waals surface area contributed by atoms with Crippen molar-refractivity contribution in [3.63, 3.8) is 0 Å². The molecule has 0 aliphatic carbocycles. The Labute approximate surface area is 281 Å². The van der Waals surface area contributed by atoms with Gasteiger partial charge in [0.1, 0.15) is 23.2 Å². The van der Waals surface area contributed by atoms with Crippen molar-refractivity contribution >= 4 is 29.2 Å². The van der Waals surface area contributed by atoms with Crippen LogP contribution >= 0.6 is 0 Å². The fourth-order valence-electron chi connectivity index (χ4n) is 7.91. The van der Waals surface area contributed by atoms with Gasteiger partial charge >= 0.3 is 0 Å². The number of amides is 1. The average molecular weight is 655 g/mol. The van der Waals surface area contributed by atoms with Crippen molar-refractivity contribution in [2.75, 3.05) is 56.4 Å². The zero-order chi connectivity index (χ0) is 34.2. The first-order valence-electron chi connectivity index (χ1n) is 16.7. The molecular weight excluding hydrogens is 611 g/mol. The molecule has 0 radical (unpaired) electrons. The lowest BCUT2D eigenvalue weighted by atomic mass is 9.73. The maximum Gasteiger partial charge on any atom is 0.251 e. The zero-order valence-electron chi connectivity index (χ0n) is 28.3. The first-order chi connectivity index (χ1) is 23.1. The van der Waals surface area contributed by atoms with Crippen LogP contribution in [0.1, 0.15) is 67.9 Å². The molecule has 2 fully saturated rings. The van der Waals surface area contributed by atoms with E-state index in [0.717, 1.165) is 46.6 Å². The lowest BCUT2D eigenvalue weighted by molar-refractivity contribution is 0.0636. The smallest absolute Gasteiger partial charge is 0.251 e. The lowest BCUT2D eigenvalue weighted by Gasteiger charge is -2.37. The summed E-state index contributed by atoms with van der Waals surface area (Å²) in [5.74, 6) is 3.36. The molecule has 252 valence electrons. The van der Waals surface area contributed by atoms with Crippen LogP contribution in [0.5, 0.6) is 0 Å². The molecule has 1 spiro atoms. The molecule has 0 bridgehead atoms. The van der Waals surface area contributed by atoms with Gasteiger partial charge in [-0.25, -0.2) is 14.0 Å². The topological polar surface area (TPSA) is 100 Å². The third-order valence-corrected chi connectivity index (χ3v) is 10.5. The number of nitrogens with zero attached hydrogens (tertiary/aromatic N) is 2. The number of hydrogen-bond acceptors (Lipinski definition) is 8. The summed E-state index contributed by atoms with van der Waals surface area (Å²) < 4.78 is 27.7. The van der Waals surface area contributed by atoms with Gasteiger partial charge in [-0.1, -0.05) is 0 Å². The minimum absolute atomic E-state index is 0.118. The Bertz CT molecular complexity index is 1810. The number of hydrogen-bond donors (Lipinski definition) is 2. The molecule has 48 heavy (non-hydrogen) atoms. The van der Waals surface area contributed by atoms with E-state index in [2.05, 4.69) is 28.4 Å². The summed E-state index contributed by atoms with van der Waals surface area (Å²) in [5.41, 5.74) is 6.97. The van der Waals surface area contributed by atoms with Gasteiger partial charge in [-0.2, -0.15) is 0 Å². The fraction of sp³-hybridized carbons (Fsp3) is 0.447. The first kappa shape index (κ1) is 33.4. The number of dihydropyridines is 1. The number of carbonyl (C=O) groups excluding carboxylic acids is 3.